The lowest BCUT2D eigenvalue weighted by molar-refractivity contribution is -0.416. The van der Waals surface area contributed by atoms with Crippen LogP contribution in [0.25, 0.3) is 0 Å². The molecule has 0 saturated heterocycles. The molecule has 0 aliphatic rings. The lowest BCUT2D eigenvalue weighted by Crippen LogP contribution is -2.68. The van der Waals surface area contributed by atoms with Crippen molar-refractivity contribution in [1.82, 2.24) is 0 Å². The molecular formula is C8H3F11O3. The number of aliphatic carboxylic acids is 1. The molecule has 14 heteroatoms. The number of hydrogen-bond acceptors (Lipinski definition) is 2. The van der Waals surface area contributed by atoms with Crippen LogP contribution in [0.4, 0.5) is 48.3 Å². The van der Waals surface area contributed by atoms with E-state index in [0.29, 0.717) is 0 Å². The van der Waals surface area contributed by atoms with E-state index in [9.17, 15) is 57.9 Å². The smallest absolute Gasteiger partial charge is 0.460 e. The van der Waals surface area contributed by atoms with Gasteiger partial charge in [-0.3, -0.25) is 9.59 Å². The number of carbonyl (C=O) groups is 2. The Balaban J connectivity index is 6.00. The van der Waals surface area contributed by atoms with Crippen molar-refractivity contribution in [2.75, 3.05) is 0 Å². The summed E-state index contributed by atoms with van der Waals surface area (Å²) in [5.41, 5.74) is 0. The van der Waals surface area contributed by atoms with Crippen molar-refractivity contribution in [2.24, 2.45) is 0 Å². The number of carboxylic acid groups (broad SMARTS) is 1. The largest absolute Gasteiger partial charge is 0.481 e. The van der Waals surface area contributed by atoms with Crippen LogP contribution >= 0.6 is 0 Å². The van der Waals surface area contributed by atoms with E-state index in [4.69, 9.17) is 5.11 Å². The maximum absolute atomic E-state index is 12.8. The standard InChI is InChI=1S/C8H3F11O3/c9-4(10,2(20)1-3(21)22)5(11,12)6(13,14)7(15,16)8(17,18)19/h1H2,(H,21,22). The first-order valence-electron chi connectivity index (χ1n) is 4.67. The number of carboxylic acids is 1. The molecule has 0 bridgehead atoms. The van der Waals surface area contributed by atoms with E-state index < -0.39 is 48.0 Å². The number of alkyl halides is 11. The molecule has 0 fully saturated rings. The highest BCUT2D eigenvalue weighted by Gasteiger charge is 2.88. The lowest BCUT2D eigenvalue weighted by Gasteiger charge is -2.36. The lowest BCUT2D eigenvalue weighted by atomic mass is 9.94. The van der Waals surface area contributed by atoms with Gasteiger partial charge in [0.2, 0.25) is 5.78 Å². The molecule has 0 radical (unpaired) electrons. The van der Waals surface area contributed by atoms with Gasteiger partial charge in [-0.25, -0.2) is 0 Å². The number of carbonyl (C=O) groups excluding carboxylic acids is 1. The topological polar surface area (TPSA) is 54.4 Å². The Hall–Kier alpha value is -1.63. The molecule has 0 aromatic carbocycles. The summed E-state index contributed by atoms with van der Waals surface area (Å²) < 4.78 is 136. The summed E-state index contributed by atoms with van der Waals surface area (Å²) in [6, 6.07) is 0. The summed E-state index contributed by atoms with van der Waals surface area (Å²) in [6.07, 6.45) is -9.85. The minimum atomic E-state index is -7.73. The zero-order valence-electron chi connectivity index (χ0n) is 9.63. The number of Topliss-reactive ketones (excluding diaryl/α,β-unsaturated/α-hetero) is 1. The van der Waals surface area contributed by atoms with E-state index in [1.165, 1.54) is 0 Å². The van der Waals surface area contributed by atoms with Crippen LogP contribution in [-0.4, -0.2) is 46.7 Å². The molecule has 130 valence electrons. The Labute approximate surface area is 112 Å². The van der Waals surface area contributed by atoms with Crippen LogP contribution in [-0.2, 0) is 9.59 Å². The number of hydrogen-bond donors (Lipinski definition) is 1. The molecule has 1 N–H and O–H groups in total. The highest BCUT2D eigenvalue weighted by molar-refractivity contribution is 5.99. The minimum Gasteiger partial charge on any atom is -0.481 e. The third-order valence-corrected chi connectivity index (χ3v) is 2.20. The van der Waals surface area contributed by atoms with Crippen molar-refractivity contribution in [3.05, 3.63) is 0 Å². The van der Waals surface area contributed by atoms with Crippen molar-refractivity contribution in [3.63, 3.8) is 0 Å². The van der Waals surface area contributed by atoms with Gasteiger partial charge in [-0.2, -0.15) is 48.3 Å². The van der Waals surface area contributed by atoms with Crippen molar-refractivity contribution < 1.29 is 63.0 Å². The highest BCUT2D eigenvalue weighted by atomic mass is 19.4. The molecule has 22 heavy (non-hydrogen) atoms. The van der Waals surface area contributed by atoms with Crippen LogP contribution in [0.1, 0.15) is 6.42 Å². The molecule has 0 atom stereocenters. The Morgan fingerprint density at radius 1 is 0.682 bits per heavy atom. The fourth-order valence-corrected chi connectivity index (χ4v) is 0.996. The molecule has 0 aliphatic carbocycles. The van der Waals surface area contributed by atoms with Crippen molar-refractivity contribution >= 4 is 11.8 Å². The summed E-state index contributed by atoms with van der Waals surface area (Å²) >= 11 is 0. The van der Waals surface area contributed by atoms with Crippen molar-refractivity contribution in [1.29, 1.82) is 0 Å². The normalized spacial score (nSPS) is 14.9. The first-order valence-corrected chi connectivity index (χ1v) is 4.67. The van der Waals surface area contributed by atoms with Gasteiger partial charge in [0.15, 0.2) is 0 Å². The maximum Gasteiger partial charge on any atom is 0.460 e. The molecule has 0 heterocycles. The summed E-state index contributed by atoms with van der Waals surface area (Å²) in [6.45, 7) is 0. The van der Waals surface area contributed by atoms with Crippen LogP contribution in [0, 0.1) is 0 Å². The summed E-state index contributed by atoms with van der Waals surface area (Å²) in [4.78, 5) is 20.3. The average molecular weight is 356 g/mol. The van der Waals surface area contributed by atoms with Crippen LogP contribution < -0.4 is 0 Å². The van der Waals surface area contributed by atoms with Crippen LogP contribution in [0.5, 0.6) is 0 Å². The summed E-state index contributed by atoms with van der Waals surface area (Å²) in [7, 11) is 0. The second-order valence-electron chi connectivity index (χ2n) is 3.79. The highest BCUT2D eigenvalue weighted by Crippen LogP contribution is 2.57. The fraction of sp³-hybridized carbons (Fsp3) is 0.750. The van der Waals surface area contributed by atoms with Crippen LogP contribution in [0.15, 0.2) is 0 Å². The number of rotatable bonds is 6. The van der Waals surface area contributed by atoms with Gasteiger partial charge in [0.25, 0.3) is 0 Å². The molecular weight excluding hydrogens is 353 g/mol. The predicted octanol–water partition coefficient (Wildman–Crippen LogP) is 3.13. The third-order valence-electron chi connectivity index (χ3n) is 2.20. The van der Waals surface area contributed by atoms with E-state index in [1.54, 1.807) is 0 Å². The van der Waals surface area contributed by atoms with Gasteiger partial charge in [0.05, 0.1) is 0 Å². The molecule has 0 aliphatic heterocycles. The average Bonchev–Trinajstić information content (AvgIpc) is 2.25. The molecule has 3 nitrogen and oxygen atoms in total. The van der Waals surface area contributed by atoms with E-state index in [0.717, 1.165) is 0 Å². The molecule has 0 spiro atoms. The molecule has 0 unspecified atom stereocenters. The maximum atomic E-state index is 12.8. The van der Waals surface area contributed by atoms with Crippen LogP contribution in [0.3, 0.4) is 0 Å². The molecule has 0 aromatic heterocycles. The van der Waals surface area contributed by atoms with Gasteiger partial charge in [0, 0.05) is 0 Å². The second-order valence-corrected chi connectivity index (χ2v) is 3.79. The molecule has 0 aromatic rings. The van der Waals surface area contributed by atoms with Crippen LogP contribution in [0.2, 0.25) is 0 Å². The third kappa shape index (κ3) is 2.82. The molecule has 0 amide bonds. The molecule has 0 saturated carbocycles. The summed E-state index contributed by atoms with van der Waals surface area (Å²) in [5, 5.41) is 7.89. The monoisotopic (exact) mass is 356 g/mol. The van der Waals surface area contributed by atoms with E-state index in [-0.39, 0.29) is 0 Å². The number of halogens is 11. The first-order chi connectivity index (χ1) is 9.34. The summed E-state index contributed by atoms with van der Waals surface area (Å²) in [5.74, 6) is -35.6. The Morgan fingerprint density at radius 2 is 1.05 bits per heavy atom. The SMILES string of the molecule is O=C(O)CC(=O)C(F)(F)C(F)(F)C(F)(F)C(F)(F)C(F)(F)F. The van der Waals surface area contributed by atoms with E-state index >= 15 is 0 Å². The van der Waals surface area contributed by atoms with E-state index in [2.05, 4.69) is 0 Å². The number of ketones is 1. The van der Waals surface area contributed by atoms with Gasteiger partial charge in [-0.15, -0.1) is 0 Å². The van der Waals surface area contributed by atoms with Gasteiger partial charge in [-0.1, -0.05) is 0 Å². The molecule has 0 rings (SSSR count). The van der Waals surface area contributed by atoms with Gasteiger partial charge in [0.1, 0.15) is 6.42 Å². The predicted molar refractivity (Wildman–Crippen MR) is 43.1 cm³/mol. The van der Waals surface area contributed by atoms with Gasteiger partial charge in [-0.05, 0) is 0 Å². The van der Waals surface area contributed by atoms with Crippen molar-refractivity contribution in [2.45, 2.75) is 36.3 Å². The van der Waals surface area contributed by atoms with Gasteiger partial charge >= 0.3 is 35.8 Å². The fourth-order valence-electron chi connectivity index (χ4n) is 0.996. The van der Waals surface area contributed by atoms with Gasteiger partial charge < -0.3 is 5.11 Å². The first kappa shape index (κ1) is 20.4. The Bertz CT molecular complexity index is 464. The second kappa shape index (κ2) is 5.22. The van der Waals surface area contributed by atoms with E-state index in [1.807, 2.05) is 0 Å². The zero-order chi connectivity index (χ0) is 18.4. The minimum absolute atomic E-state index is 2.50. The quantitative estimate of drug-likeness (QED) is 0.588. The Kier molecular flexibility index (Phi) is 4.84. The zero-order valence-corrected chi connectivity index (χ0v) is 9.63. The van der Waals surface area contributed by atoms with Crippen molar-refractivity contribution in [3.8, 4) is 0 Å². The Morgan fingerprint density at radius 3 is 1.32 bits per heavy atom.